The van der Waals surface area contributed by atoms with E-state index in [1.165, 1.54) is 25.9 Å². The van der Waals surface area contributed by atoms with Gasteiger partial charge in [0.15, 0.2) is 0 Å². The summed E-state index contributed by atoms with van der Waals surface area (Å²) < 4.78 is 0. The molecule has 2 aromatic carbocycles. The van der Waals surface area contributed by atoms with E-state index >= 15 is 0 Å². The van der Waals surface area contributed by atoms with Crippen LogP contribution in [0.5, 0.6) is 0 Å². The highest BCUT2D eigenvalue weighted by molar-refractivity contribution is 5.92. The second kappa shape index (κ2) is 9.51. The number of fused-ring (bicyclic) bond motifs is 1. The number of Topliss-reactive ketones (excluding diaryl/α,β-unsaturated/α-hetero) is 1. The lowest BCUT2D eigenvalue weighted by molar-refractivity contribution is -0.118. The molecule has 3 aromatic rings. The molecule has 1 aromatic heterocycles. The smallest absolute Gasteiger partial charge is 0.141 e. The van der Waals surface area contributed by atoms with Crippen molar-refractivity contribution in [3.63, 3.8) is 0 Å². The maximum atomic E-state index is 12.5. The van der Waals surface area contributed by atoms with E-state index in [-0.39, 0.29) is 5.78 Å². The number of terminal acetylenes is 1. The monoisotopic (exact) mass is 398 g/mol. The molecule has 1 aliphatic heterocycles. The molecule has 0 spiro atoms. The van der Waals surface area contributed by atoms with Crippen LogP contribution >= 0.6 is 0 Å². The molecule has 2 heterocycles. The first-order valence-corrected chi connectivity index (χ1v) is 10.5. The van der Waals surface area contributed by atoms with E-state index < -0.39 is 0 Å². The number of hydrogen-bond donors (Lipinski definition) is 1. The first-order valence-electron chi connectivity index (χ1n) is 10.5. The third-order valence-electron chi connectivity index (χ3n) is 5.52. The van der Waals surface area contributed by atoms with Crippen LogP contribution in [0.1, 0.15) is 36.8 Å². The fourth-order valence-corrected chi connectivity index (χ4v) is 3.96. The number of nitrogens with one attached hydrogen (secondary N) is 1. The van der Waals surface area contributed by atoms with Crippen LogP contribution in [0.4, 0.5) is 11.5 Å². The Kier molecular flexibility index (Phi) is 6.36. The van der Waals surface area contributed by atoms with Gasteiger partial charge in [0.1, 0.15) is 17.9 Å². The normalized spacial score (nSPS) is 14.0. The fourth-order valence-electron chi connectivity index (χ4n) is 3.96. The molecule has 0 unspecified atom stereocenters. The maximum Gasteiger partial charge on any atom is 0.141 e. The Bertz CT molecular complexity index is 1080. The molecule has 0 saturated carbocycles. The third-order valence-corrected chi connectivity index (χ3v) is 5.52. The zero-order valence-corrected chi connectivity index (χ0v) is 17.1. The van der Waals surface area contributed by atoms with Crippen LogP contribution in [0.2, 0.25) is 0 Å². The van der Waals surface area contributed by atoms with Gasteiger partial charge in [0.2, 0.25) is 0 Å². The number of carbonyl (C=O) groups excluding carboxylic acids is 1. The highest BCUT2D eigenvalue weighted by Crippen LogP contribution is 2.25. The summed E-state index contributed by atoms with van der Waals surface area (Å²) in [7, 11) is 0. The van der Waals surface area contributed by atoms with Crippen LogP contribution in [0.25, 0.3) is 10.9 Å². The summed E-state index contributed by atoms with van der Waals surface area (Å²) >= 11 is 0. The van der Waals surface area contributed by atoms with Crippen molar-refractivity contribution in [1.29, 1.82) is 0 Å². The molecule has 1 saturated heterocycles. The van der Waals surface area contributed by atoms with Crippen molar-refractivity contribution < 1.29 is 4.79 Å². The van der Waals surface area contributed by atoms with Gasteiger partial charge >= 0.3 is 0 Å². The first-order chi connectivity index (χ1) is 14.7. The van der Waals surface area contributed by atoms with E-state index in [4.69, 9.17) is 6.42 Å². The number of carbonyl (C=O) groups is 1. The molecule has 5 nitrogen and oxygen atoms in total. The van der Waals surface area contributed by atoms with Crippen molar-refractivity contribution in [2.75, 3.05) is 25.0 Å². The van der Waals surface area contributed by atoms with Crippen molar-refractivity contribution in [2.24, 2.45) is 0 Å². The molecule has 152 valence electrons. The van der Waals surface area contributed by atoms with Crippen molar-refractivity contribution in [3.8, 4) is 12.3 Å². The van der Waals surface area contributed by atoms with E-state index in [1.807, 2.05) is 42.5 Å². The number of ketones is 1. The highest BCUT2D eigenvalue weighted by Gasteiger charge is 2.12. The summed E-state index contributed by atoms with van der Waals surface area (Å²) in [5.41, 5.74) is 3.50. The average Bonchev–Trinajstić information content (AvgIpc) is 3.28. The predicted molar refractivity (Wildman–Crippen MR) is 121 cm³/mol. The van der Waals surface area contributed by atoms with Gasteiger partial charge in [0.05, 0.1) is 5.52 Å². The lowest BCUT2D eigenvalue weighted by Crippen LogP contribution is -2.21. The summed E-state index contributed by atoms with van der Waals surface area (Å²) in [4.78, 5) is 23.7. The number of hydrogen-bond acceptors (Lipinski definition) is 5. The maximum absolute atomic E-state index is 12.5. The van der Waals surface area contributed by atoms with E-state index in [1.54, 1.807) is 6.33 Å². The van der Waals surface area contributed by atoms with Crippen LogP contribution < -0.4 is 5.32 Å². The Morgan fingerprint density at radius 3 is 2.83 bits per heavy atom. The van der Waals surface area contributed by atoms with E-state index in [2.05, 4.69) is 26.1 Å². The second-order valence-corrected chi connectivity index (χ2v) is 7.79. The lowest BCUT2D eigenvalue weighted by atomic mass is 10.0. The minimum atomic E-state index is 0.279. The molecule has 0 bridgehead atoms. The van der Waals surface area contributed by atoms with E-state index in [0.717, 1.165) is 40.7 Å². The summed E-state index contributed by atoms with van der Waals surface area (Å²) in [5, 5.41) is 4.23. The summed E-state index contributed by atoms with van der Waals surface area (Å²) in [6.07, 6.45) is 11.6. The topological polar surface area (TPSA) is 58.1 Å². The van der Waals surface area contributed by atoms with Gasteiger partial charge < -0.3 is 10.2 Å². The Morgan fingerprint density at radius 1 is 1.13 bits per heavy atom. The summed E-state index contributed by atoms with van der Waals surface area (Å²) in [6.45, 7) is 3.39. The van der Waals surface area contributed by atoms with Crippen LogP contribution in [-0.4, -0.2) is 40.3 Å². The molecule has 0 radical (unpaired) electrons. The van der Waals surface area contributed by atoms with Crippen LogP contribution in [0, 0.1) is 12.3 Å². The molecule has 30 heavy (non-hydrogen) atoms. The standard InChI is InChI=1S/C25H26N4O/c1-2-19-7-5-8-21(15-19)28-25-23-17-20(10-11-24(23)26-18-27-25)16-22(30)9-6-14-29-12-3-4-13-29/h1,5,7-8,10-11,15,17-18H,3-4,6,9,12-14,16H2,(H,26,27,28). The molecule has 4 rings (SSSR count). The molecule has 0 aliphatic carbocycles. The number of nitrogens with zero attached hydrogens (tertiary/aromatic N) is 3. The fraction of sp³-hybridized carbons (Fsp3) is 0.320. The van der Waals surface area contributed by atoms with Gasteiger partial charge in [0.25, 0.3) is 0 Å². The number of benzene rings is 2. The number of likely N-dealkylation sites (tertiary alicyclic amines) is 1. The Hall–Kier alpha value is -3.23. The molecule has 0 amide bonds. The average molecular weight is 399 g/mol. The first kappa shape index (κ1) is 20.1. The van der Waals surface area contributed by atoms with E-state index in [0.29, 0.717) is 18.7 Å². The van der Waals surface area contributed by atoms with Crippen molar-refractivity contribution >= 4 is 28.2 Å². The molecule has 0 atom stereocenters. The Labute approximate surface area is 177 Å². The summed E-state index contributed by atoms with van der Waals surface area (Å²) in [5.74, 6) is 3.63. The Morgan fingerprint density at radius 2 is 2.00 bits per heavy atom. The second-order valence-electron chi connectivity index (χ2n) is 7.79. The quantitative estimate of drug-likeness (QED) is 0.572. The van der Waals surface area contributed by atoms with Gasteiger partial charge in [-0.25, -0.2) is 9.97 Å². The van der Waals surface area contributed by atoms with E-state index in [9.17, 15) is 4.79 Å². The van der Waals surface area contributed by atoms with Gasteiger partial charge in [0, 0.05) is 29.5 Å². The van der Waals surface area contributed by atoms with Crippen LogP contribution in [0.3, 0.4) is 0 Å². The van der Waals surface area contributed by atoms with Crippen molar-refractivity contribution in [2.45, 2.75) is 32.1 Å². The van der Waals surface area contributed by atoms with Crippen molar-refractivity contribution in [3.05, 3.63) is 59.9 Å². The van der Waals surface area contributed by atoms with Gasteiger partial charge in [-0.1, -0.05) is 18.1 Å². The number of anilines is 2. The zero-order valence-electron chi connectivity index (χ0n) is 17.1. The highest BCUT2D eigenvalue weighted by atomic mass is 16.1. The van der Waals surface area contributed by atoms with Gasteiger partial charge in [-0.3, -0.25) is 4.79 Å². The zero-order chi connectivity index (χ0) is 20.8. The molecular formula is C25H26N4O. The molecular weight excluding hydrogens is 372 g/mol. The number of rotatable bonds is 8. The predicted octanol–water partition coefficient (Wildman–Crippen LogP) is 4.34. The SMILES string of the molecule is C#Cc1cccc(Nc2ncnc3ccc(CC(=O)CCCN4CCCC4)cc23)c1. The van der Waals surface area contributed by atoms with Crippen molar-refractivity contribution in [1.82, 2.24) is 14.9 Å². The van der Waals surface area contributed by atoms with Gasteiger partial charge in [-0.15, -0.1) is 6.42 Å². The third kappa shape index (κ3) is 5.03. The number of aromatic nitrogens is 2. The van der Waals surface area contributed by atoms with Crippen LogP contribution in [0.15, 0.2) is 48.8 Å². The van der Waals surface area contributed by atoms with Gasteiger partial charge in [-0.05, 0) is 74.8 Å². The lowest BCUT2D eigenvalue weighted by Gasteiger charge is -2.13. The van der Waals surface area contributed by atoms with Crippen LogP contribution in [-0.2, 0) is 11.2 Å². The largest absolute Gasteiger partial charge is 0.340 e. The van der Waals surface area contributed by atoms with Gasteiger partial charge in [-0.2, -0.15) is 0 Å². The minimum Gasteiger partial charge on any atom is -0.340 e. The Balaban J connectivity index is 1.45. The molecule has 5 heteroatoms. The molecule has 1 N–H and O–H groups in total. The summed E-state index contributed by atoms with van der Waals surface area (Å²) in [6, 6.07) is 13.6. The minimum absolute atomic E-state index is 0.279. The molecule has 1 fully saturated rings. The molecule has 1 aliphatic rings.